The number of carbonyl (C=O) groups excluding carboxylic acids is 1. The molecule has 0 radical (unpaired) electrons. The van der Waals surface area contributed by atoms with Gasteiger partial charge in [0.05, 0.1) is 4.47 Å². The molecule has 0 bridgehead atoms. The highest BCUT2D eigenvalue weighted by molar-refractivity contribution is 9.10. The Bertz CT molecular complexity index is 577. The van der Waals surface area contributed by atoms with Gasteiger partial charge in [0.25, 0.3) is 0 Å². The Hall–Kier alpha value is -1.96. The number of hydrogen-bond acceptors (Lipinski definition) is 5. The van der Waals surface area contributed by atoms with Crippen molar-refractivity contribution in [2.45, 2.75) is 0 Å². The van der Waals surface area contributed by atoms with E-state index in [9.17, 15) is 4.79 Å². The predicted molar refractivity (Wildman–Crippen MR) is 76.5 cm³/mol. The lowest BCUT2D eigenvalue weighted by Crippen LogP contribution is -2.50. The Balaban J connectivity index is 1.62. The maximum absolute atomic E-state index is 12.1. The first-order valence-corrected chi connectivity index (χ1v) is 7.03. The van der Waals surface area contributed by atoms with Crippen molar-refractivity contribution in [3.63, 3.8) is 0 Å². The number of aromatic nitrogens is 4. The summed E-state index contributed by atoms with van der Waals surface area (Å²) in [6.45, 7) is 2.75. The van der Waals surface area contributed by atoms with Crippen LogP contribution in [0.2, 0.25) is 0 Å². The minimum Gasteiger partial charge on any atom is -0.337 e. The molecule has 0 aromatic carbocycles. The molecule has 1 amide bonds. The fourth-order valence-electron chi connectivity index (χ4n) is 2.10. The second kappa shape index (κ2) is 5.58. The maximum Gasteiger partial charge on any atom is 0.329 e. The van der Waals surface area contributed by atoms with Crippen LogP contribution in [-0.2, 0) is 0 Å². The molecule has 2 aromatic rings. The lowest BCUT2D eigenvalue weighted by Gasteiger charge is -2.34. The van der Waals surface area contributed by atoms with Crippen LogP contribution in [0, 0.1) is 0 Å². The van der Waals surface area contributed by atoms with E-state index < -0.39 is 0 Å². The topological polar surface area (TPSA) is 67.2 Å². The van der Waals surface area contributed by atoms with Gasteiger partial charge >= 0.3 is 6.03 Å². The third-order valence-corrected chi connectivity index (χ3v) is 3.57. The fourth-order valence-corrected chi connectivity index (χ4v) is 2.31. The molecule has 1 saturated heterocycles. The zero-order chi connectivity index (χ0) is 13.9. The summed E-state index contributed by atoms with van der Waals surface area (Å²) in [4.78, 5) is 28.4. The van der Waals surface area contributed by atoms with E-state index in [0.717, 1.165) is 17.6 Å². The van der Waals surface area contributed by atoms with E-state index in [0.29, 0.717) is 19.0 Å². The van der Waals surface area contributed by atoms with E-state index in [-0.39, 0.29) is 6.03 Å². The van der Waals surface area contributed by atoms with Crippen LogP contribution < -0.4 is 4.90 Å². The van der Waals surface area contributed by atoms with Gasteiger partial charge in [0.15, 0.2) is 0 Å². The molecule has 2 aromatic heterocycles. The average Bonchev–Trinajstić information content (AvgIpc) is 3.02. The molecule has 1 aliphatic rings. The van der Waals surface area contributed by atoms with Gasteiger partial charge in [0, 0.05) is 51.0 Å². The summed E-state index contributed by atoms with van der Waals surface area (Å²) in [6.07, 6.45) is 8.24. The van der Waals surface area contributed by atoms with Crippen LogP contribution >= 0.6 is 15.9 Å². The molecule has 1 aliphatic heterocycles. The van der Waals surface area contributed by atoms with Crippen LogP contribution in [0.1, 0.15) is 0 Å². The van der Waals surface area contributed by atoms with Gasteiger partial charge in [-0.1, -0.05) is 0 Å². The van der Waals surface area contributed by atoms with Crippen molar-refractivity contribution < 1.29 is 4.79 Å². The Morgan fingerprint density at radius 1 is 1.15 bits per heavy atom. The number of piperazine rings is 1. The molecule has 1 fully saturated rings. The number of imidazole rings is 1. The normalized spacial score (nSPS) is 15.4. The molecular formula is C12H13BrN6O. The summed E-state index contributed by atoms with van der Waals surface area (Å²) in [5.74, 6) is 0.697. The molecule has 0 aliphatic carbocycles. The van der Waals surface area contributed by atoms with Crippen molar-refractivity contribution in [2.75, 3.05) is 31.1 Å². The number of anilines is 1. The first-order chi connectivity index (χ1) is 9.74. The van der Waals surface area contributed by atoms with Crippen molar-refractivity contribution in [3.05, 3.63) is 35.6 Å². The summed E-state index contributed by atoms with van der Waals surface area (Å²) in [7, 11) is 0. The summed E-state index contributed by atoms with van der Waals surface area (Å²) in [5, 5.41) is 0. The number of hydrogen-bond donors (Lipinski definition) is 0. The first-order valence-electron chi connectivity index (χ1n) is 6.24. The van der Waals surface area contributed by atoms with Crippen LogP contribution in [0.4, 0.5) is 10.7 Å². The third-order valence-electron chi connectivity index (χ3n) is 3.17. The SMILES string of the molecule is O=C(N1CCN(c2ncc(Br)cn2)CC1)n1ccnc1. The second-order valence-electron chi connectivity index (χ2n) is 4.43. The van der Waals surface area contributed by atoms with Crippen LogP contribution in [0.15, 0.2) is 35.6 Å². The molecule has 104 valence electrons. The lowest BCUT2D eigenvalue weighted by molar-refractivity contribution is 0.195. The minimum atomic E-state index is -0.0427. The van der Waals surface area contributed by atoms with Gasteiger partial charge in [-0.3, -0.25) is 4.57 Å². The Morgan fingerprint density at radius 3 is 2.45 bits per heavy atom. The highest BCUT2D eigenvalue weighted by atomic mass is 79.9. The number of rotatable bonds is 1. The number of carbonyl (C=O) groups is 1. The molecule has 0 saturated carbocycles. The summed E-state index contributed by atoms with van der Waals surface area (Å²) >= 11 is 3.32. The van der Waals surface area contributed by atoms with Gasteiger partial charge in [-0.2, -0.15) is 0 Å². The van der Waals surface area contributed by atoms with Crippen molar-refractivity contribution in [2.24, 2.45) is 0 Å². The van der Waals surface area contributed by atoms with E-state index >= 15 is 0 Å². The summed E-state index contributed by atoms with van der Waals surface area (Å²) < 4.78 is 2.35. The quantitative estimate of drug-likeness (QED) is 0.783. The van der Waals surface area contributed by atoms with Gasteiger partial charge in [0.2, 0.25) is 5.95 Å². The molecule has 20 heavy (non-hydrogen) atoms. The van der Waals surface area contributed by atoms with Gasteiger partial charge in [-0.05, 0) is 15.9 Å². The third kappa shape index (κ3) is 2.64. The van der Waals surface area contributed by atoms with E-state index in [2.05, 4.69) is 35.8 Å². The number of halogens is 1. The zero-order valence-electron chi connectivity index (χ0n) is 10.7. The smallest absolute Gasteiger partial charge is 0.329 e. The molecule has 8 heteroatoms. The number of nitrogens with zero attached hydrogens (tertiary/aromatic N) is 6. The van der Waals surface area contributed by atoms with Gasteiger partial charge in [0.1, 0.15) is 6.33 Å². The van der Waals surface area contributed by atoms with E-state index in [1.165, 1.54) is 10.9 Å². The van der Waals surface area contributed by atoms with Crippen LogP contribution in [-0.4, -0.2) is 56.6 Å². The molecule has 0 atom stereocenters. The Morgan fingerprint density at radius 2 is 1.85 bits per heavy atom. The average molecular weight is 337 g/mol. The first kappa shape index (κ1) is 13.0. The summed E-state index contributed by atoms with van der Waals surface area (Å²) in [6, 6.07) is -0.0427. The highest BCUT2D eigenvalue weighted by Gasteiger charge is 2.23. The van der Waals surface area contributed by atoms with Crippen LogP contribution in [0.25, 0.3) is 0 Å². The molecular weight excluding hydrogens is 324 g/mol. The number of amides is 1. The Labute approximate surface area is 124 Å². The molecule has 0 unspecified atom stereocenters. The van der Waals surface area contributed by atoms with Crippen molar-refractivity contribution in [1.82, 2.24) is 24.4 Å². The highest BCUT2D eigenvalue weighted by Crippen LogP contribution is 2.13. The molecule has 0 N–H and O–H groups in total. The monoisotopic (exact) mass is 336 g/mol. The standard InChI is InChI=1S/C12H13BrN6O/c13-10-7-15-11(16-8-10)17-3-5-18(6-4-17)12(20)19-2-1-14-9-19/h1-2,7-9H,3-6H2. The van der Waals surface area contributed by atoms with E-state index in [4.69, 9.17) is 0 Å². The maximum atomic E-state index is 12.1. The van der Waals surface area contributed by atoms with Crippen molar-refractivity contribution in [1.29, 1.82) is 0 Å². The van der Waals surface area contributed by atoms with E-state index in [1.807, 2.05) is 0 Å². The largest absolute Gasteiger partial charge is 0.337 e. The second-order valence-corrected chi connectivity index (χ2v) is 5.34. The molecule has 3 heterocycles. The van der Waals surface area contributed by atoms with Gasteiger partial charge in [-0.25, -0.2) is 19.7 Å². The molecule has 0 spiro atoms. The van der Waals surface area contributed by atoms with Gasteiger partial charge < -0.3 is 9.80 Å². The van der Waals surface area contributed by atoms with Gasteiger partial charge in [-0.15, -0.1) is 0 Å². The molecule has 7 nitrogen and oxygen atoms in total. The summed E-state index contributed by atoms with van der Waals surface area (Å²) in [5.41, 5.74) is 0. The van der Waals surface area contributed by atoms with Crippen LogP contribution in [0.3, 0.4) is 0 Å². The minimum absolute atomic E-state index is 0.0427. The zero-order valence-corrected chi connectivity index (χ0v) is 12.3. The fraction of sp³-hybridized carbons (Fsp3) is 0.333. The van der Waals surface area contributed by atoms with Crippen molar-refractivity contribution >= 4 is 27.9 Å². The molecule has 3 rings (SSSR count). The Kier molecular flexibility index (Phi) is 3.64. The van der Waals surface area contributed by atoms with E-state index in [1.54, 1.807) is 29.7 Å². The predicted octanol–water partition coefficient (Wildman–Crippen LogP) is 1.23. The lowest BCUT2D eigenvalue weighted by atomic mass is 10.3. The van der Waals surface area contributed by atoms with Crippen LogP contribution in [0.5, 0.6) is 0 Å². The van der Waals surface area contributed by atoms with Crippen molar-refractivity contribution in [3.8, 4) is 0 Å².